The Morgan fingerprint density at radius 1 is 1.00 bits per heavy atom. The fraction of sp³-hybridized carbons (Fsp3) is 0.118. The average Bonchev–Trinajstić information content (AvgIpc) is 2.53. The minimum atomic E-state index is 0.515. The normalized spacial score (nSPS) is 10.5. The van der Waals surface area contributed by atoms with E-state index in [-0.39, 0.29) is 0 Å². The minimum Gasteiger partial charge on any atom is -0.394 e. The van der Waals surface area contributed by atoms with Gasteiger partial charge in [0.05, 0.1) is 0 Å². The third-order valence-electron chi connectivity index (χ3n) is 3.22. The summed E-state index contributed by atoms with van der Waals surface area (Å²) >= 11 is 1.51. The summed E-state index contributed by atoms with van der Waals surface area (Å²) in [6, 6.07) is 14.0. The van der Waals surface area contributed by atoms with E-state index in [1.165, 1.54) is 23.7 Å². The molecule has 3 N–H and O–H groups in total. The van der Waals surface area contributed by atoms with E-state index in [1.807, 2.05) is 25.1 Å². The van der Waals surface area contributed by atoms with Crippen LogP contribution in [0.5, 0.6) is 0 Å². The third-order valence-corrected chi connectivity index (χ3v) is 4.24. The van der Waals surface area contributed by atoms with Gasteiger partial charge < -0.3 is 11.1 Å². The Hall–Kier alpha value is -2.60. The van der Waals surface area contributed by atoms with Gasteiger partial charge in [0.15, 0.2) is 5.82 Å². The Kier molecular flexibility index (Phi) is 4.43. The van der Waals surface area contributed by atoms with Crippen LogP contribution in [0.1, 0.15) is 11.3 Å². The molecule has 3 rings (SSSR count). The van der Waals surface area contributed by atoms with Crippen molar-refractivity contribution in [3.63, 3.8) is 0 Å². The molecule has 0 unspecified atom stereocenters. The van der Waals surface area contributed by atoms with Crippen LogP contribution in [0.3, 0.4) is 0 Å². The fourth-order valence-corrected chi connectivity index (χ4v) is 2.81. The van der Waals surface area contributed by atoms with Crippen molar-refractivity contribution in [3.8, 4) is 0 Å². The van der Waals surface area contributed by atoms with Crippen LogP contribution in [0.15, 0.2) is 58.7 Å². The van der Waals surface area contributed by atoms with E-state index in [0.29, 0.717) is 17.3 Å². The van der Waals surface area contributed by atoms with Gasteiger partial charge in [0.1, 0.15) is 22.9 Å². The van der Waals surface area contributed by atoms with Gasteiger partial charge in [-0.1, -0.05) is 35.5 Å². The monoisotopic (exact) mass is 323 g/mol. The zero-order chi connectivity index (χ0) is 16.2. The molecule has 0 radical (unpaired) electrons. The van der Waals surface area contributed by atoms with Gasteiger partial charge in [-0.15, -0.1) is 0 Å². The number of benzene rings is 1. The van der Waals surface area contributed by atoms with Gasteiger partial charge in [0.25, 0.3) is 0 Å². The molecule has 6 heteroatoms. The fourth-order valence-electron chi connectivity index (χ4n) is 2.01. The molecule has 0 amide bonds. The predicted octanol–water partition coefficient (Wildman–Crippen LogP) is 3.97. The Bertz CT molecular complexity index is 817. The number of aryl methyl sites for hydroxylation is 2. The maximum absolute atomic E-state index is 6.21. The SMILES string of the molecule is Cc1ccc(Sc2ncnc(Nc3cccc(C)n3)c2N)cc1. The summed E-state index contributed by atoms with van der Waals surface area (Å²) in [6.45, 7) is 4.00. The molecule has 0 atom stereocenters. The summed E-state index contributed by atoms with van der Waals surface area (Å²) in [5, 5.41) is 3.87. The first-order valence-corrected chi connectivity index (χ1v) is 7.99. The number of rotatable bonds is 4. The molecule has 0 aliphatic heterocycles. The van der Waals surface area contributed by atoms with Crippen LogP contribution in [0.4, 0.5) is 17.3 Å². The van der Waals surface area contributed by atoms with Crippen molar-refractivity contribution in [1.82, 2.24) is 15.0 Å². The lowest BCUT2D eigenvalue weighted by molar-refractivity contribution is 1.05. The van der Waals surface area contributed by atoms with Crippen LogP contribution < -0.4 is 11.1 Å². The molecule has 116 valence electrons. The molecule has 0 aliphatic rings. The summed E-state index contributed by atoms with van der Waals surface area (Å²) in [6.07, 6.45) is 1.50. The number of hydrogen-bond donors (Lipinski definition) is 2. The Morgan fingerprint density at radius 2 is 1.78 bits per heavy atom. The van der Waals surface area contributed by atoms with E-state index < -0.39 is 0 Å². The molecule has 23 heavy (non-hydrogen) atoms. The van der Waals surface area contributed by atoms with Crippen molar-refractivity contribution >= 4 is 29.1 Å². The van der Waals surface area contributed by atoms with Crippen LogP contribution in [0.2, 0.25) is 0 Å². The number of nitrogen functional groups attached to an aromatic ring is 1. The number of nitrogens with one attached hydrogen (secondary N) is 1. The topological polar surface area (TPSA) is 76.7 Å². The second-order valence-electron chi connectivity index (χ2n) is 5.15. The molecule has 0 aliphatic carbocycles. The average molecular weight is 323 g/mol. The maximum Gasteiger partial charge on any atom is 0.159 e. The lowest BCUT2D eigenvalue weighted by Crippen LogP contribution is -2.03. The van der Waals surface area contributed by atoms with Crippen molar-refractivity contribution in [1.29, 1.82) is 0 Å². The largest absolute Gasteiger partial charge is 0.394 e. The zero-order valence-electron chi connectivity index (χ0n) is 12.9. The highest BCUT2D eigenvalue weighted by atomic mass is 32.2. The highest BCUT2D eigenvalue weighted by molar-refractivity contribution is 7.99. The van der Waals surface area contributed by atoms with Gasteiger partial charge in [0.2, 0.25) is 0 Å². The molecule has 0 fully saturated rings. The first kappa shape index (κ1) is 15.3. The zero-order valence-corrected chi connectivity index (χ0v) is 13.8. The van der Waals surface area contributed by atoms with Crippen molar-refractivity contribution in [2.45, 2.75) is 23.8 Å². The minimum absolute atomic E-state index is 0.515. The number of anilines is 3. The smallest absolute Gasteiger partial charge is 0.159 e. The number of nitrogens with zero attached hydrogens (tertiary/aromatic N) is 3. The Morgan fingerprint density at radius 3 is 2.52 bits per heavy atom. The highest BCUT2D eigenvalue weighted by Gasteiger charge is 2.10. The number of aromatic nitrogens is 3. The third kappa shape index (κ3) is 3.78. The van der Waals surface area contributed by atoms with E-state index >= 15 is 0 Å². The van der Waals surface area contributed by atoms with Gasteiger partial charge in [-0.25, -0.2) is 15.0 Å². The van der Waals surface area contributed by atoms with Crippen LogP contribution in [0, 0.1) is 13.8 Å². The van der Waals surface area contributed by atoms with Crippen LogP contribution in [0.25, 0.3) is 0 Å². The van der Waals surface area contributed by atoms with Gasteiger partial charge in [0, 0.05) is 10.6 Å². The molecular weight excluding hydrogens is 306 g/mol. The quantitative estimate of drug-likeness (QED) is 0.708. The van der Waals surface area contributed by atoms with E-state index in [2.05, 4.69) is 51.5 Å². The molecule has 0 saturated carbocycles. The summed E-state index contributed by atoms with van der Waals surface area (Å²) in [5.41, 5.74) is 8.87. The van der Waals surface area contributed by atoms with Gasteiger partial charge in [-0.05, 0) is 38.1 Å². The van der Waals surface area contributed by atoms with Crippen LogP contribution >= 0.6 is 11.8 Å². The first-order valence-electron chi connectivity index (χ1n) is 7.17. The van der Waals surface area contributed by atoms with Crippen molar-refractivity contribution in [2.75, 3.05) is 11.1 Å². The summed E-state index contributed by atoms with van der Waals surface area (Å²) in [7, 11) is 0. The molecule has 0 bridgehead atoms. The summed E-state index contributed by atoms with van der Waals surface area (Å²) < 4.78 is 0. The van der Waals surface area contributed by atoms with Crippen molar-refractivity contribution < 1.29 is 0 Å². The van der Waals surface area contributed by atoms with Gasteiger partial charge in [-0.3, -0.25) is 0 Å². The Balaban J connectivity index is 1.84. The van der Waals surface area contributed by atoms with Crippen molar-refractivity contribution in [2.24, 2.45) is 0 Å². The van der Waals surface area contributed by atoms with Gasteiger partial charge >= 0.3 is 0 Å². The second-order valence-corrected chi connectivity index (χ2v) is 6.21. The first-order chi connectivity index (χ1) is 11.1. The van der Waals surface area contributed by atoms with Crippen LogP contribution in [-0.2, 0) is 0 Å². The Labute approximate surface area is 139 Å². The molecule has 1 aromatic carbocycles. The summed E-state index contributed by atoms with van der Waals surface area (Å²) in [4.78, 5) is 14.0. The molecule has 3 aromatic rings. The van der Waals surface area contributed by atoms with E-state index in [9.17, 15) is 0 Å². The second kappa shape index (κ2) is 6.66. The highest BCUT2D eigenvalue weighted by Crippen LogP contribution is 2.33. The molecule has 2 aromatic heterocycles. The molecule has 0 saturated heterocycles. The van der Waals surface area contributed by atoms with Crippen molar-refractivity contribution in [3.05, 3.63) is 60.0 Å². The summed E-state index contributed by atoms with van der Waals surface area (Å²) in [5.74, 6) is 1.27. The number of nitrogens with two attached hydrogens (primary N) is 1. The predicted molar refractivity (Wildman–Crippen MR) is 94.0 cm³/mol. The van der Waals surface area contributed by atoms with Crippen LogP contribution in [-0.4, -0.2) is 15.0 Å². The molecule has 5 nitrogen and oxygen atoms in total. The number of pyridine rings is 1. The number of hydrogen-bond acceptors (Lipinski definition) is 6. The van der Waals surface area contributed by atoms with Gasteiger partial charge in [-0.2, -0.15) is 0 Å². The van der Waals surface area contributed by atoms with E-state index in [1.54, 1.807) is 0 Å². The van der Waals surface area contributed by atoms with E-state index in [4.69, 9.17) is 5.73 Å². The maximum atomic E-state index is 6.21. The standard InChI is InChI=1S/C17H17N5S/c1-11-6-8-13(9-7-11)23-17-15(18)16(19-10-20-17)22-14-5-3-4-12(2)21-14/h3-10H,18H2,1-2H3,(H,19,20,21,22). The van der Waals surface area contributed by atoms with E-state index in [0.717, 1.165) is 15.6 Å². The molecule has 2 heterocycles. The molecule has 0 spiro atoms. The lowest BCUT2D eigenvalue weighted by Gasteiger charge is -2.10. The molecular formula is C17H17N5S. The lowest BCUT2D eigenvalue weighted by atomic mass is 10.2.